The van der Waals surface area contributed by atoms with Gasteiger partial charge in [-0.1, -0.05) is 0 Å². The van der Waals surface area contributed by atoms with Crippen LogP contribution in [0.5, 0.6) is 0 Å². The lowest BCUT2D eigenvalue weighted by Crippen LogP contribution is -2.54. The van der Waals surface area contributed by atoms with Crippen molar-refractivity contribution >= 4 is 29.9 Å². The van der Waals surface area contributed by atoms with Gasteiger partial charge in [0.25, 0.3) is 0 Å². The predicted molar refractivity (Wildman–Crippen MR) is 129 cm³/mol. The molecule has 0 bridgehead atoms. The lowest BCUT2D eigenvalue weighted by atomic mass is 10.2. The largest absolute Gasteiger partial charge is 0.455 e. The van der Waals surface area contributed by atoms with Crippen LogP contribution in [0.2, 0.25) is 0 Å². The third kappa shape index (κ3) is 9.75. The average Bonchev–Trinajstić information content (AvgIpc) is 2.70. The number of piperazine rings is 1. The van der Waals surface area contributed by atoms with Gasteiger partial charge >= 0.3 is 18.2 Å². The van der Waals surface area contributed by atoms with E-state index in [1.807, 2.05) is 4.90 Å². The molecule has 1 aliphatic heterocycles. The van der Waals surface area contributed by atoms with E-state index in [4.69, 9.17) is 14.2 Å². The number of guanidine groups is 1. The van der Waals surface area contributed by atoms with Crippen molar-refractivity contribution < 1.29 is 28.6 Å². The standard InChI is InChI=1S/C23H36N6O6/c1-15(33-16(2)30)18-24-10-9-17(25-18)28-11-13-29(14-12-28)19(26-20(31)34-22(3,4)5)27-21(32)35-23(6,7)8/h9-10,15H,11-14H2,1-8H3,(H,26,27,31,32)/t15-/m1/s1. The molecule has 12 nitrogen and oxygen atoms in total. The maximum atomic E-state index is 12.4. The molecular weight excluding hydrogens is 456 g/mol. The molecule has 2 heterocycles. The van der Waals surface area contributed by atoms with Gasteiger partial charge in [-0.05, 0) is 54.5 Å². The lowest BCUT2D eigenvalue weighted by Gasteiger charge is -2.37. The van der Waals surface area contributed by atoms with Gasteiger partial charge in [0.1, 0.15) is 17.0 Å². The Bertz CT molecular complexity index is 945. The van der Waals surface area contributed by atoms with Gasteiger partial charge in [0.15, 0.2) is 11.9 Å². The fraction of sp³-hybridized carbons (Fsp3) is 0.652. The summed E-state index contributed by atoms with van der Waals surface area (Å²) in [7, 11) is 0. The predicted octanol–water partition coefficient (Wildman–Crippen LogP) is 3.04. The molecule has 194 valence electrons. The van der Waals surface area contributed by atoms with Crippen LogP contribution < -0.4 is 10.2 Å². The van der Waals surface area contributed by atoms with Crippen LogP contribution in [0.25, 0.3) is 0 Å². The first-order valence-corrected chi connectivity index (χ1v) is 11.4. The van der Waals surface area contributed by atoms with Crippen LogP contribution >= 0.6 is 0 Å². The zero-order chi connectivity index (χ0) is 26.4. The first-order valence-electron chi connectivity index (χ1n) is 11.4. The van der Waals surface area contributed by atoms with Crippen LogP contribution in [0, 0.1) is 0 Å². The van der Waals surface area contributed by atoms with Crippen molar-refractivity contribution in [1.82, 2.24) is 20.2 Å². The minimum atomic E-state index is -0.814. The molecule has 1 N–H and O–H groups in total. The highest BCUT2D eigenvalue weighted by atomic mass is 16.6. The SMILES string of the molecule is CC(=O)O[C@H](C)c1nccc(N2CCN(/C(=N\C(=O)OC(C)(C)C)NC(=O)OC(C)(C)C)CC2)n1. The number of esters is 1. The molecule has 0 radical (unpaired) electrons. The molecule has 0 saturated carbocycles. The Balaban J connectivity index is 2.14. The molecule has 12 heteroatoms. The molecule has 35 heavy (non-hydrogen) atoms. The Kier molecular flexibility index (Phi) is 9.00. The molecule has 0 aromatic carbocycles. The zero-order valence-corrected chi connectivity index (χ0v) is 21.7. The Morgan fingerprint density at radius 1 is 1.03 bits per heavy atom. The maximum absolute atomic E-state index is 12.4. The van der Waals surface area contributed by atoms with Crippen LogP contribution in [0.3, 0.4) is 0 Å². The third-order valence-corrected chi connectivity index (χ3v) is 4.47. The smallest absolute Gasteiger partial charge is 0.437 e. The molecule has 0 unspecified atom stereocenters. The van der Waals surface area contributed by atoms with Gasteiger partial charge in [-0.25, -0.2) is 19.6 Å². The molecule has 1 fully saturated rings. The molecule has 0 aliphatic carbocycles. The highest BCUT2D eigenvalue weighted by Gasteiger charge is 2.27. The van der Waals surface area contributed by atoms with Crippen molar-refractivity contribution in [3.8, 4) is 0 Å². The Morgan fingerprint density at radius 2 is 1.63 bits per heavy atom. The van der Waals surface area contributed by atoms with Crippen LogP contribution in [0.4, 0.5) is 15.4 Å². The second kappa shape index (κ2) is 11.3. The van der Waals surface area contributed by atoms with Crippen LogP contribution in [-0.4, -0.2) is 76.4 Å². The first kappa shape index (κ1) is 27.8. The first-order chi connectivity index (χ1) is 16.1. The number of hydrogen-bond donors (Lipinski definition) is 1. The highest BCUT2D eigenvalue weighted by Crippen LogP contribution is 2.18. The number of rotatable bonds is 3. The Hall–Kier alpha value is -3.44. The zero-order valence-electron chi connectivity index (χ0n) is 21.7. The summed E-state index contributed by atoms with van der Waals surface area (Å²) in [4.78, 5) is 52.5. The van der Waals surface area contributed by atoms with E-state index in [-0.39, 0.29) is 5.96 Å². The fourth-order valence-electron chi connectivity index (χ4n) is 3.13. The summed E-state index contributed by atoms with van der Waals surface area (Å²) in [5, 5.41) is 2.58. The summed E-state index contributed by atoms with van der Waals surface area (Å²) < 4.78 is 15.8. The van der Waals surface area contributed by atoms with Gasteiger partial charge in [0.2, 0.25) is 5.96 Å². The van der Waals surface area contributed by atoms with E-state index in [9.17, 15) is 14.4 Å². The number of amides is 2. The molecule has 2 amide bonds. The Morgan fingerprint density at radius 3 is 2.17 bits per heavy atom. The van der Waals surface area contributed by atoms with Crippen LogP contribution in [0.15, 0.2) is 17.3 Å². The highest BCUT2D eigenvalue weighted by molar-refractivity contribution is 5.99. The number of nitrogens with one attached hydrogen (secondary N) is 1. The van der Waals surface area contributed by atoms with Gasteiger partial charge in [-0.3, -0.25) is 10.1 Å². The number of carbonyl (C=O) groups is 3. The summed E-state index contributed by atoms with van der Waals surface area (Å²) in [6.45, 7) is 15.4. The normalized spacial score (nSPS) is 15.8. The monoisotopic (exact) mass is 492 g/mol. The molecule has 0 spiro atoms. The second-order valence-electron chi connectivity index (χ2n) is 10.0. The quantitative estimate of drug-likeness (QED) is 0.290. The average molecular weight is 493 g/mol. The van der Waals surface area contributed by atoms with Crippen molar-refractivity contribution in [2.75, 3.05) is 31.1 Å². The van der Waals surface area contributed by atoms with Gasteiger partial charge in [0.05, 0.1) is 0 Å². The topological polar surface area (TPSA) is 136 Å². The van der Waals surface area contributed by atoms with Gasteiger partial charge in [-0.15, -0.1) is 4.99 Å². The molecule has 1 aromatic heterocycles. The number of hydrogen-bond acceptors (Lipinski definition) is 9. The minimum absolute atomic E-state index is 0.0556. The van der Waals surface area contributed by atoms with Crippen molar-refractivity contribution in [2.45, 2.75) is 72.7 Å². The van der Waals surface area contributed by atoms with E-state index in [1.54, 1.807) is 65.6 Å². The minimum Gasteiger partial charge on any atom is -0.455 e. The van der Waals surface area contributed by atoms with Gasteiger partial charge in [0, 0.05) is 39.3 Å². The molecule has 2 rings (SSSR count). The third-order valence-electron chi connectivity index (χ3n) is 4.47. The van der Waals surface area contributed by atoms with Crippen molar-refractivity contribution in [3.63, 3.8) is 0 Å². The van der Waals surface area contributed by atoms with Crippen molar-refractivity contribution in [1.29, 1.82) is 0 Å². The van der Waals surface area contributed by atoms with Crippen molar-refractivity contribution in [2.24, 2.45) is 4.99 Å². The number of carbonyl (C=O) groups excluding carboxylic acids is 3. The van der Waals surface area contributed by atoms with E-state index >= 15 is 0 Å². The second-order valence-corrected chi connectivity index (χ2v) is 10.0. The van der Waals surface area contributed by atoms with Crippen molar-refractivity contribution in [3.05, 3.63) is 18.1 Å². The fourth-order valence-corrected chi connectivity index (χ4v) is 3.13. The number of ether oxygens (including phenoxy) is 3. The van der Waals surface area contributed by atoms with E-state index in [1.165, 1.54) is 6.92 Å². The number of anilines is 1. The summed E-state index contributed by atoms with van der Waals surface area (Å²) >= 11 is 0. The van der Waals surface area contributed by atoms with Crippen LogP contribution in [-0.2, 0) is 19.0 Å². The molecular formula is C23H36N6O6. The lowest BCUT2D eigenvalue weighted by molar-refractivity contribution is -0.146. The number of nitrogens with zero attached hydrogens (tertiary/aromatic N) is 5. The summed E-state index contributed by atoms with van der Waals surface area (Å²) in [6.07, 6.45) is -0.490. The molecule has 1 aromatic rings. The molecule has 1 atom stereocenters. The summed E-state index contributed by atoms with van der Waals surface area (Å²) in [5.74, 6) is 0.729. The molecule has 1 saturated heterocycles. The van der Waals surface area contributed by atoms with E-state index in [0.29, 0.717) is 37.8 Å². The number of aromatic nitrogens is 2. The number of alkyl carbamates (subject to hydrolysis) is 1. The summed E-state index contributed by atoms with van der Waals surface area (Å²) in [6, 6.07) is 1.77. The van der Waals surface area contributed by atoms with E-state index < -0.39 is 35.5 Å². The summed E-state index contributed by atoms with van der Waals surface area (Å²) in [5.41, 5.74) is -1.45. The number of aliphatic imine (C=N–C) groups is 1. The Labute approximate surface area is 206 Å². The van der Waals surface area contributed by atoms with Gasteiger partial charge in [-0.2, -0.15) is 0 Å². The van der Waals surface area contributed by atoms with E-state index in [0.717, 1.165) is 0 Å². The maximum Gasteiger partial charge on any atom is 0.437 e. The molecule has 1 aliphatic rings. The van der Waals surface area contributed by atoms with E-state index in [2.05, 4.69) is 20.3 Å². The van der Waals surface area contributed by atoms with Gasteiger partial charge < -0.3 is 24.0 Å². The van der Waals surface area contributed by atoms with Crippen LogP contribution in [0.1, 0.15) is 67.3 Å².